The molecule has 0 saturated carbocycles. The summed E-state index contributed by atoms with van der Waals surface area (Å²) in [6.45, 7) is 1.81. The fourth-order valence-electron chi connectivity index (χ4n) is 1.05. The Kier molecular flexibility index (Phi) is 3.45. The molecular formula is C9H11BrN2O. The molecule has 0 aliphatic heterocycles. The molecule has 1 atom stereocenters. The van der Waals surface area contributed by atoms with Gasteiger partial charge in [-0.05, 0) is 24.6 Å². The second kappa shape index (κ2) is 4.39. The summed E-state index contributed by atoms with van der Waals surface area (Å²) in [7, 11) is 0. The van der Waals surface area contributed by atoms with Crippen molar-refractivity contribution in [3.8, 4) is 0 Å². The minimum Gasteiger partial charge on any atom is -0.294 e. The van der Waals surface area contributed by atoms with Gasteiger partial charge in [-0.25, -0.2) is 5.84 Å². The topological polar surface area (TPSA) is 55.1 Å². The average molecular weight is 243 g/mol. The van der Waals surface area contributed by atoms with Crippen LogP contribution >= 0.6 is 15.9 Å². The van der Waals surface area contributed by atoms with E-state index in [1.807, 2.05) is 31.2 Å². The molecule has 4 heteroatoms. The number of rotatable bonds is 2. The van der Waals surface area contributed by atoms with E-state index in [4.69, 9.17) is 5.84 Å². The molecule has 0 aromatic heterocycles. The molecule has 0 bridgehead atoms. The minimum absolute atomic E-state index is 0.182. The quantitative estimate of drug-likeness (QED) is 0.470. The molecule has 70 valence electrons. The summed E-state index contributed by atoms with van der Waals surface area (Å²) in [5, 5.41) is 0. The number of benzene rings is 1. The highest BCUT2D eigenvalue weighted by molar-refractivity contribution is 9.10. The van der Waals surface area contributed by atoms with Crippen LogP contribution in [-0.2, 0) is 4.79 Å². The summed E-state index contributed by atoms with van der Waals surface area (Å²) in [5.74, 6) is 4.63. The number of carbonyl (C=O) groups excluding carboxylic acids is 1. The molecule has 1 unspecified atom stereocenters. The molecular weight excluding hydrogens is 232 g/mol. The molecule has 1 rings (SSSR count). The Balaban J connectivity index is 2.88. The highest BCUT2D eigenvalue weighted by Crippen LogP contribution is 2.19. The first-order valence-corrected chi connectivity index (χ1v) is 4.70. The first kappa shape index (κ1) is 10.2. The first-order valence-electron chi connectivity index (χ1n) is 3.91. The van der Waals surface area contributed by atoms with Crippen LogP contribution in [0.3, 0.4) is 0 Å². The van der Waals surface area contributed by atoms with Crippen LogP contribution < -0.4 is 11.3 Å². The smallest absolute Gasteiger partial charge is 0.241 e. The van der Waals surface area contributed by atoms with Crippen LogP contribution in [0, 0.1) is 0 Å². The lowest BCUT2D eigenvalue weighted by atomic mass is 10.0. The number of nitrogens with one attached hydrogen (secondary N) is 1. The van der Waals surface area contributed by atoms with E-state index in [2.05, 4.69) is 21.4 Å². The molecule has 0 aliphatic carbocycles. The van der Waals surface area contributed by atoms with Crippen LogP contribution in [0.15, 0.2) is 28.7 Å². The summed E-state index contributed by atoms with van der Waals surface area (Å²) < 4.78 is 0.960. The number of hydrogen-bond donors (Lipinski definition) is 2. The Bertz CT molecular complexity index is 314. The molecule has 0 saturated heterocycles. The van der Waals surface area contributed by atoms with Crippen molar-refractivity contribution in [1.82, 2.24) is 5.43 Å². The number of carbonyl (C=O) groups is 1. The highest BCUT2D eigenvalue weighted by Gasteiger charge is 2.13. The van der Waals surface area contributed by atoms with Gasteiger partial charge in [-0.3, -0.25) is 10.2 Å². The van der Waals surface area contributed by atoms with Gasteiger partial charge in [0.2, 0.25) is 5.91 Å². The van der Waals surface area contributed by atoms with Gasteiger partial charge in [-0.15, -0.1) is 0 Å². The molecule has 13 heavy (non-hydrogen) atoms. The van der Waals surface area contributed by atoms with Crippen LogP contribution in [-0.4, -0.2) is 5.91 Å². The fourth-order valence-corrected chi connectivity index (χ4v) is 1.47. The Morgan fingerprint density at radius 2 is 2.31 bits per heavy atom. The van der Waals surface area contributed by atoms with E-state index in [0.29, 0.717) is 0 Å². The van der Waals surface area contributed by atoms with Gasteiger partial charge < -0.3 is 0 Å². The van der Waals surface area contributed by atoms with Crippen LogP contribution in [0.2, 0.25) is 0 Å². The van der Waals surface area contributed by atoms with Crippen molar-refractivity contribution in [2.45, 2.75) is 12.8 Å². The normalized spacial score (nSPS) is 12.2. The molecule has 0 aliphatic rings. The summed E-state index contributed by atoms with van der Waals surface area (Å²) >= 11 is 3.34. The molecule has 0 heterocycles. The van der Waals surface area contributed by atoms with Crippen molar-refractivity contribution in [1.29, 1.82) is 0 Å². The average Bonchev–Trinajstić information content (AvgIpc) is 2.15. The van der Waals surface area contributed by atoms with Crippen LogP contribution in [0.1, 0.15) is 18.4 Å². The fraction of sp³-hybridized carbons (Fsp3) is 0.222. The van der Waals surface area contributed by atoms with Crippen molar-refractivity contribution in [2.24, 2.45) is 5.84 Å². The number of halogens is 1. The van der Waals surface area contributed by atoms with Crippen LogP contribution in [0.4, 0.5) is 0 Å². The van der Waals surface area contributed by atoms with E-state index in [-0.39, 0.29) is 11.8 Å². The van der Waals surface area contributed by atoms with E-state index in [9.17, 15) is 4.79 Å². The molecule has 3 nitrogen and oxygen atoms in total. The third kappa shape index (κ3) is 2.54. The van der Waals surface area contributed by atoms with Gasteiger partial charge >= 0.3 is 0 Å². The number of hydrazine groups is 1. The summed E-state index contributed by atoms with van der Waals surface area (Å²) in [6, 6.07) is 7.60. The third-order valence-electron chi connectivity index (χ3n) is 1.88. The second-order valence-electron chi connectivity index (χ2n) is 2.79. The monoisotopic (exact) mass is 242 g/mol. The summed E-state index contributed by atoms with van der Waals surface area (Å²) in [5.41, 5.74) is 3.07. The standard InChI is InChI=1S/C9H11BrN2O/c1-6(9(13)12-11)7-3-2-4-8(10)5-7/h2-6H,11H2,1H3,(H,12,13). The highest BCUT2D eigenvalue weighted by atomic mass is 79.9. The predicted molar refractivity (Wildman–Crippen MR) is 54.9 cm³/mol. The van der Waals surface area contributed by atoms with E-state index >= 15 is 0 Å². The van der Waals surface area contributed by atoms with Crippen molar-refractivity contribution in [3.05, 3.63) is 34.3 Å². The maximum Gasteiger partial charge on any atom is 0.241 e. The molecule has 0 fully saturated rings. The Morgan fingerprint density at radius 1 is 1.62 bits per heavy atom. The van der Waals surface area contributed by atoms with Gasteiger partial charge in [0.1, 0.15) is 0 Å². The first-order chi connectivity index (χ1) is 6.15. The van der Waals surface area contributed by atoms with Crippen molar-refractivity contribution < 1.29 is 4.79 Å². The largest absolute Gasteiger partial charge is 0.294 e. The SMILES string of the molecule is CC(C(=O)NN)c1cccc(Br)c1. The third-order valence-corrected chi connectivity index (χ3v) is 2.38. The maximum absolute atomic E-state index is 11.2. The molecule has 1 aromatic rings. The van der Waals surface area contributed by atoms with Crippen molar-refractivity contribution in [3.63, 3.8) is 0 Å². The zero-order valence-corrected chi connectivity index (χ0v) is 8.84. The number of nitrogens with two attached hydrogens (primary N) is 1. The van der Waals surface area contributed by atoms with Gasteiger partial charge in [0.05, 0.1) is 5.92 Å². The van der Waals surface area contributed by atoms with Gasteiger partial charge in [0, 0.05) is 4.47 Å². The lowest BCUT2D eigenvalue weighted by molar-refractivity contribution is -0.122. The molecule has 3 N–H and O–H groups in total. The molecule has 0 spiro atoms. The zero-order chi connectivity index (χ0) is 9.84. The minimum atomic E-state index is -0.220. The van der Waals surface area contributed by atoms with Crippen molar-refractivity contribution in [2.75, 3.05) is 0 Å². The van der Waals surface area contributed by atoms with Gasteiger partial charge in [0.15, 0.2) is 0 Å². The lowest BCUT2D eigenvalue weighted by Crippen LogP contribution is -2.33. The van der Waals surface area contributed by atoms with E-state index in [1.54, 1.807) is 0 Å². The van der Waals surface area contributed by atoms with Crippen molar-refractivity contribution >= 4 is 21.8 Å². The molecule has 0 radical (unpaired) electrons. The van der Waals surface area contributed by atoms with Gasteiger partial charge in [0.25, 0.3) is 0 Å². The Hall–Kier alpha value is -0.870. The van der Waals surface area contributed by atoms with E-state index < -0.39 is 0 Å². The maximum atomic E-state index is 11.2. The number of hydrogen-bond acceptors (Lipinski definition) is 2. The van der Waals surface area contributed by atoms with Gasteiger partial charge in [-0.2, -0.15) is 0 Å². The summed E-state index contributed by atoms with van der Waals surface area (Å²) in [4.78, 5) is 11.2. The molecule has 1 amide bonds. The van der Waals surface area contributed by atoms with Gasteiger partial charge in [-0.1, -0.05) is 28.1 Å². The summed E-state index contributed by atoms with van der Waals surface area (Å²) in [6.07, 6.45) is 0. The predicted octanol–water partition coefficient (Wildman–Crippen LogP) is 1.54. The van der Waals surface area contributed by atoms with E-state index in [0.717, 1.165) is 10.0 Å². The second-order valence-corrected chi connectivity index (χ2v) is 3.70. The Labute approximate surface area is 85.4 Å². The molecule has 1 aromatic carbocycles. The van der Waals surface area contributed by atoms with Crippen LogP contribution in [0.5, 0.6) is 0 Å². The zero-order valence-electron chi connectivity index (χ0n) is 7.25. The Morgan fingerprint density at radius 3 is 2.85 bits per heavy atom. The van der Waals surface area contributed by atoms with Crippen LogP contribution in [0.25, 0.3) is 0 Å². The lowest BCUT2D eigenvalue weighted by Gasteiger charge is -2.09. The number of amides is 1. The van der Waals surface area contributed by atoms with E-state index in [1.165, 1.54) is 0 Å².